The molecule has 0 bridgehead atoms. The summed E-state index contributed by atoms with van der Waals surface area (Å²) in [6.07, 6.45) is 3.73. The Bertz CT molecular complexity index is 309. The molecule has 0 aromatic rings. The maximum absolute atomic E-state index is 12.1. The van der Waals surface area contributed by atoms with E-state index >= 15 is 0 Å². The van der Waals surface area contributed by atoms with Gasteiger partial charge in [-0.2, -0.15) is 0 Å². The van der Waals surface area contributed by atoms with E-state index in [0.29, 0.717) is 12.6 Å². The average molecular weight is 268 g/mol. The highest BCUT2D eigenvalue weighted by atomic mass is 16.5. The predicted octanol–water partition coefficient (Wildman–Crippen LogP) is 1.65. The van der Waals surface area contributed by atoms with Gasteiger partial charge in [0.2, 0.25) is 0 Å². The third-order valence-corrected chi connectivity index (χ3v) is 4.88. The molecule has 0 radical (unpaired) electrons. The van der Waals surface area contributed by atoms with Crippen molar-refractivity contribution < 1.29 is 9.53 Å². The Morgan fingerprint density at radius 3 is 2.79 bits per heavy atom. The molecular weight excluding hydrogens is 240 g/mol. The predicted molar refractivity (Wildman–Crippen MR) is 76.0 cm³/mol. The Balaban J connectivity index is 2.01. The maximum Gasteiger partial charge on any atom is 0.324 e. The fourth-order valence-corrected chi connectivity index (χ4v) is 3.43. The highest BCUT2D eigenvalue weighted by molar-refractivity contribution is 5.76. The molecule has 1 aliphatic heterocycles. The largest absolute Gasteiger partial charge is 0.465 e. The SMILES string of the molecule is CCOC(=O)C1CNCCN1C1CCC(C)C(C)C1. The summed E-state index contributed by atoms with van der Waals surface area (Å²) < 4.78 is 5.23. The first-order valence-electron chi connectivity index (χ1n) is 7.76. The van der Waals surface area contributed by atoms with E-state index in [-0.39, 0.29) is 12.0 Å². The Labute approximate surface area is 116 Å². The number of hydrogen-bond acceptors (Lipinski definition) is 4. The van der Waals surface area contributed by atoms with Crippen LogP contribution in [-0.4, -0.2) is 49.2 Å². The molecule has 1 saturated heterocycles. The number of piperazine rings is 1. The number of ether oxygens (including phenoxy) is 1. The topological polar surface area (TPSA) is 41.6 Å². The summed E-state index contributed by atoms with van der Waals surface area (Å²) >= 11 is 0. The lowest BCUT2D eigenvalue weighted by molar-refractivity contribution is -0.152. The van der Waals surface area contributed by atoms with Crippen LogP contribution in [0.15, 0.2) is 0 Å². The zero-order chi connectivity index (χ0) is 13.8. The molecule has 4 nitrogen and oxygen atoms in total. The lowest BCUT2D eigenvalue weighted by atomic mass is 9.78. The van der Waals surface area contributed by atoms with Crippen LogP contribution >= 0.6 is 0 Å². The van der Waals surface area contributed by atoms with Crippen molar-refractivity contribution in [1.82, 2.24) is 10.2 Å². The third-order valence-electron chi connectivity index (χ3n) is 4.88. The number of esters is 1. The van der Waals surface area contributed by atoms with Gasteiger partial charge in [0.05, 0.1) is 6.61 Å². The van der Waals surface area contributed by atoms with Gasteiger partial charge in [0.25, 0.3) is 0 Å². The van der Waals surface area contributed by atoms with Gasteiger partial charge in [-0.3, -0.25) is 9.69 Å². The number of carbonyl (C=O) groups excluding carboxylic acids is 1. The van der Waals surface area contributed by atoms with E-state index in [1.54, 1.807) is 0 Å². The quantitative estimate of drug-likeness (QED) is 0.790. The molecule has 19 heavy (non-hydrogen) atoms. The van der Waals surface area contributed by atoms with E-state index < -0.39 is 0 Å². The molecular formula is C15H28N2O2. The summed E-state index contributed by atoms with van der Waals surface area (Å²) in [5, 5.41) is 3.32. The number of hydrogen-bond donors (Lipinski definition) is 1. The number of nitrogens with one attached hydrogen (secondary N) is 1. The van der Waals surface area contributed by atoms with Crippen molar-refractivity contribution in [3.05, 3.63) is 0 Å². The fourth-order valence-electron chi connectivity index (χ4n) is 3.43. The molecule has 4 unspecified atom stereocenters. The lowest BCUT2D eigenvalue weighted by Crippen LogP contribution is -2.59. The minimum Gasteiger partial charge on any atom is -0.465 e. The lowest BCUT2D eigenvalue weighted by Gasteiger charge is -2.44. The van der Waals surface area contributed by atoms with E-state index in [1.165, 1.54) is 19.3 Å². The molecule has 2 fully saturated rings. The van der Waals surface area contributed by atoms with Gasteiger partial charge in [-0.15, -0.1) is 0 Å². The van der Waals surface area contributed by atoms with Crippen molar-refractivity contribution in [2.75, 3.05) is 26.2 Å². The average Bonchev–Trinajstić information content (AvgIpc) is 2.42. The molecule has 4 heteroatoms. The van der Waals surface area contributed by atoms with E-state index in [4.69, 9.17) is 4.74 Å². The van der Waals surface area contributed by atoms with Crippen LogP contribution in [-0.2, 0) is 9.53 Å². The number of nitrogens with zero attached hydrogens (tertiary/aromatic N) is 1. The maximum atomic E-state index is 12.1. The van der Waals surface area contributed by atoms with Crippen LogP contribution in [0.1, 0.15) is 40.0 Å². The van der Waals surface area contributed by atoms with E-state index in [2.05, 4.69) is 24.1 Å². The van der Waals surface area contributed by atoms with Crippen molar-refractivity contribution in [1.29, 1.82) is 0 Å². The highest BCUT2D eigenvalue weighted by Crippen LogP contribution is 2.33. The molecule has 1 heterocycles. The number of carbonyl (C=O) groups is 1. The molecule has 2 rings (SSSR count). The van der Waals surface area contributed by atoms with Gasteiger partial charge in [0.1, 0.15) is 6.04 Å². The first kappa shape index (κ1) is 14.8. The molecule has 0 spiro atoms. The summed E-state index contributed by atoms with van der Waals surface area (Å²) in [6, 6.07) is 0.474. The van der Waals surface area contributed by atoms with Crippen LogP contribution < -0.4 is 5.32 Å². The Hall–Kier alpha value is -0.610. The van der Waals surface area contributed by atoms with Crippen molar-refractivity contribution in [3.8, 4) is 0 Å². The van der Waals surface area contributed by atoms with Crippen molar-refractivity contribution in [3.63, 3.8) is 0 Å². The normalized spacial score (nSPS) is 37.0. The van der Waals surface area contributed by atoms with Gasteiger partial charge in [-0.1, -0.05) is 13.8 Å². The molecule has 110 valence electrons. The zero-order valence-electron chi connectivity index (χ0n) is 12.5. The molecule has 0 aromatic heterocycles. The van der Waals surface area contributed by atoms with E-state index in [9.17, 15) is 4.79 Å². The standard InChI is InChI=1S/C15H28N2O2/c1-4-19-15(18)14-10-16-7-8-17(14)13-6-5-11(2)12(3)9-13/h11-14,16H,4-10H2,1-3H3. The summed E-state index contributed by atoms with van der Waals surface area (Å²) in [6.45, 7) is 9.73. The number of rotatable bonds is 3. The molecule has 0 aromatic carbocycles. The first-order valence-corrected chi connectivity index (χ1v) is 7.76. The molecule has 0 amide bonds. The summed E-state index contributed by atoms with van der Waals surface area (Å²) in [4.78, 5) is 14.5. The minimum absolute atomic E-state index is 0.0547. The van der Waals surface area contributed by atoms with Gasteiger partial charge in [-0.05, 0) is 38.0 Å². The van der Waals surface area contributed by atoms with Crippen LogP contribution in [0.2, 0.25) is 0 Å². The Morgan fingerprint density at radius 2 is 2.11 bits per heavy atom. The zero-order valence-corrected chi connectivity index (χ0v) is 12.5. The van der Waals surface area contributed by atoms with Crippen LogP contribution in [0.4, 0.5) is 0 Å². The first-order chi connectivity index (χ1) is 9.13. The molecule has 1 N–H and O–H groups in total. The molecule has 1 aliphatic carbocycles. The highest BCUT2D eigenvalue weighted by Gasteiger charge is 2.37. The smallest absolute Gasteiger partial charge is 0.324 e. The van der Waals surface area contributed by atoms with Crippen LogP contribution in [0.25, 0.3) is 0 Å². The van der Waals surface area contributed by atoms with Gasteiger partial charge >= 0.3 is 5.97 Å². The van der Waals surface area contributed by atoms with Gasteiger partial charge in [0, 0.05) is 25.7 Å². The van der Waals surface area contributed by atoms with Crippen LogP contribution in [0, 0.1) is 11.8 Å². The Morgan fingerprint density at radius 1 is 1.32 bits per heavy atom. The summed E-state index contributed by atoms with van der Waals surface area (Å²) in [7, 11) is 0. The van der Waals surface area contributed by atoms with Crippen molar-refractivity contribution in [2.24, 2.45) is 11.8 Å². The summed E-state index contributed by atoms with van der Waals surface area (Å²) in [5.74, 6) is 1.53. The third kappa shape index (κ3) is 3.48. The monoisotopic (exact) mass is 268 g/mol. The fraction of sp³-hybridized carbons (Fsp3) is 0.933. The van der Waals surface area contributed by atoms with E-state index in [1.807, 2.05) is 6.92 Å². The van der Waals surface area contributed by atoms with Crippen LogP contribution in [0.5, 0.6) is 0 Å². The molecule has 2 aliphatic rings. The van der Waals surface area contributed by atoms with Gasteiger partial charge in [-0.25, -0.2) is 0 Å². The van der Waals surface area contributed by atoms with E-state index in [0.717, 1.165) is 31.5 Å². The van der Waals surface area contributed by atoms with Crippen LogP contribution in [0.3, 0.4) is 0 Å². The molecule has 1 saturated carbocycles. The van der Waals surface area contributed by atoms with Crippen molar-refractivity contribution in [2.45, 2.75) is 52.1 Å². The second-order valence-electron chi connectivity index (χ2n) is 6.13. The Kier molecular flexibility index (Phi) is 5.22. The van der Waals surface area contributed by atoms with Crippen molar-refractivity contribution >= 4 is 5.97 Å². The second kappa shape index (κ2) is 6.71. The summed E-state index contributed by atoms with van der Waals surface area (Å²) in [5.41, 5.74) is 0. The van der Waals surface area contributed by atoms with Gasteiger partial charge < -0.3 is 10.1 Å². The minimum atomic E-state index is -0.0840. The molecule has 4 atom stereocenters. The van der Waals surface area contributed by atoms with Gasteiger partial charge in [0.15, 0.2) is 0 Å². The second-order valence-corrected chi connectivity index (χ2v) is 6.13.